The summed E-state index contributed by atoms with van der Waals surface area (Å²) in [5.41, 5.74) is -0.468. The van der Waals surface area contributed by atoms with E-state index in [2.05, 4.69) is 10.6 Å². The van der Waals surface area contributed by atoms with Crippen LogP contribution >= 0.6 is 0 Å². The first-order valence-electron chi connectivity index (χ1n) is 8.26. The Morgan fingerprint density at radius 2 is 1.92 bits per heavy atom. The van der Waals surface area contributed by atoms with Crippen LogP contribution in [0, 0.1) is 11.2 Å². The van der Waals surface area contributed by atoms with Crippen molar-refractivity contribution in [2.24, 2.45) is 5.41 Å². The van der Waals surface area contributed by atoms with Crippen LogP contribution in [-0.4, -0.2) is 47.3 Å². The lowest BCUT2D eigenvalue weighted by Gasteiger charge is -2.27. The molecule has 2 amide bonds. The molecule has 0 radical (unpaired) electrons. The van der Waals surface area contributed by atoms with Crippen molar-refractivity contribution >= 4 is 11.8 Å². The van der Waals surface area contributed by atoms with E-state index in [0.29, 0.717) is 12.0 Å². The van der Waals surface area contributed by atoms with Crippen LogP contribution in [-0.2, 0) is 16.0 Å². The number of carbonyl (C=O) groups is 2. The van der Waals surface area contributed by atoms with Crippen LogP contribution in [0.1, 0.15) is 32.8 Å². The lowest BCUT2D eigenvalue weighted by atomic mass is 9.87. The van der Waals surface area contributed by atoms with Crippen molar-refractivity contribution in [2.45, 2.75) is 45.8 Å². The Morgan fingerprint density at radius 1 is 1.28 bits per heavy atom. The molecular formula is C18H27FN2O4. The molecule has 4 N–H and O–H groups in total. The highest BCUT2D eigenvalue weighted by atomic mass is 19.1. The number of aliphatic hydroxyl groups is 2. The SMILES string of the molecule is C[C@H](CNC(=O)[C@@H](O)C(C)(C)CO)NC(=O)CCc1ccccc1F. The predicted octanol–water partition coefficient (Wildman–Crippen LogP) is 0.759. The fourth-order valence-electron chi connectivity index (χ4n) is 2.14. The molecule has 6 nitrogen and oxygen atoms in total. The molecule has 0 aliphatic rings. The molecule has 0 fully saturated rings. The molecule has 1 aromatic carbocycles. The Morgan fingerprint density at radius 3 is 2.52 bits per heavy atom. The van der Waals surface area contributed by atoms with Crippen molar-refractivity contribution in [1.29, 1.82) is 0 Å². The molecular weight excluding hydrogens is 327 g/mol. The van der Waals surface area contributed by atoms with Crippen molar-refractivity contribution in [3.8, 4) is 0 Å². The molecule has 7 heteroatoms. The van der Waals surface area contributed by atoms with Gasteiger partial charge in [-0.25, -0.2) is 4.39 Å². The average molecular weight is 354 g/mol. The molecule has 0 heterocycles. The third kappa shape index (κ3) is 6.80. The number of aryl methyl sites for hydroxylation is 1. The molecule has 2 atom stereocenters. The molecule has 0 saturated heterocycles. The number of hydrogen-bond donors (Lipinski definition) is 4. The summed E-state index contributed by atoms with van der Waals surface area (Å²) in [5, 5.41) is 24.3. The molecule has 0 saturated carbocycles. The molecule has 25 heavy (non-hydrogen) atoms. The summed E-state index contributed by atoms with van der Waals surface area (Å²) in [7, 11) is 0. The minimum absolute atomic E-state index is 0.138. The van der Waals surface area contributed by atoms with Crippen LogP contribution in [0.3, 0.4) is 0 Å². The van der Waals surface area contributed by atoms with Gasteiger partial charge in [-0.15, -0.1) is 0 Å². The molecule has 0 spiro atoms. The van der Waals surface area contributed by atoms with Crippen LogP contribution in [0.5, 0.6) is 0 Å². The number of carbonyl (C=O) groups excluding carboxylic acids is 2. The molecule has 0 aliphatic heterocycles. The highest BCUT2D eigenvalue weighted by molar-refractivity contribution is 5.81. The first-order valence-corrected chi connectivity index (χ1v) is 8.26. The van der Waals surface area contributed by atoms with Crippen LogP contribution in [0.2, 0.25) is 0 Å². The summed E-state index contributed by atoms with van der Waals surface area (Å²) in [5.74, 6) is -1.19. The van der Waals surface area contributed by atoms with Gasteiger partial charge >= 0.3 is 0 Å². The highest BCUT2D eigenvalue weighted by Crippen LogP contribution is 2.19. The van der Waals surface area contributed by atoms with E-state index in [1.165, 1.54) is 6.07 Å². The summed E-state index contributed by atoms with van der Waals surface area (Å²) in [6.07, 6.45) is -0.915. The third-order valence-corrected chi connectivity index (χ3v) is 3.97. The van der Waals surface area contributed by atoms with E-state index < -0.39 is 17.4 Å². The maximum atomic E-state index is 13.5. The Hall–Kier alpha value is -1.99. The van der Waals surface area contributed by atoms with Crippen molar-refractivity contribution in [1.82, 2.24) is 10.6 Å². The standard InChI is InChI=1S/C18H27FN2O4/c1-12(10-20-17(25)16(24)18(2,3)11-22)21-15(23)9-8-13-6-4-5-7-14(13)19/h4-7,12,16,22,24H,8-11H2,1-3H3,(H,20,25)(H,21,23)/t12-,16-/m1/s1. The van der Waals surface area contributed by atoms with Gasteiger partial charge in [0.15, 0.2) is 0 Å². The molecule has 1 aromatic rings. The van der Waals surface area contributed by atoms with Gasteiger partial charge in [0.1, 0.15) is 11.9 Å². The Balaban J connectivity index is 2.36. The smallest absolute Gasteiger partial charge is 0.249 e. The molecule has 0 aliphatic carbocycles. The van der Waals surface area contributed by atoms with Gasteiger partial charge in [-0.1, -0.05) is 32.0 Å². The lowest BCUT2D eigenvalue weighted by Crippen LogP contribution is -2.49. The maximum absolute atomic E-state index is 13.5. The molecule has 0 aromatic heterocycles. The molecule has 0 unspecified atom stereocenters. The number of aliphatic hydroxyl groups excluding tert-OH is 2. The predicted molar refractivity (Wildman–Crippen MR) is 92.2 cm³/mol. The number of nitrogens with one attached hydrogen (secondary N) is 2. The van der Waals surface area contributed by atoms with E-state index in [4.69, 9.17) is 5.11 Å². The van der Waals surface area contributed by atoms with Gasteiger partial charge in [0.25, 0.3) is 0 Å². The average Bonchev–Trinajstić information content (AvgIpc) is 2.58. The van der Waals surface area contributed by atoms with Gasteiger partial charge in [-0.05, 0) is 25.0 Å². The molecule has 140 valence electrons. The topological polar surface area (TPSA) is 98.7 Å². The van der Waals surface area contributed by atoms with Gasteiger partial charge in [0.05, 0.1) is 6.61 Å². The van der Waals surface area contributed by atoms with E-state index in [1.54, 1.807) is 39.0 Å². The van der Waals surface area contributed by atoms with E-state index in [9.17, 15) is 19.1 Å². The first-order chi connectivity index (χ1) is 11.7. The Bertz CT molecular complexity index is 592. The Labute approximate surface area is 147 Å². The summed E-state index contributed by atoms with van der Waals surface area (Å²) in [6.45, 7) is 4.67. The van der Waals surface area contributed by atoms with Crippen molar-refractivity contribution in [2.75, 3.05) is 13.2 Å². The minimum atomic E-state index is -1.35. The minimum Gasteiger partial charge on any atom is -0.396 e. The van der Waals surface area contributed by atoms with Crippen molar-refractivity contribution in [3.63, 3.8) is 0 Å². The van der Waals surface area contributed by atoms with Crippen molar-refractivity contribution < 1.29 is 24.2 Å². The second-order valence-electron chi connectivity index (χ2n) is 6.85. The monoisotopic (exact) mass is 354 g/mol. The third-order valence-electron chi connectivity index (χ3n) is 3.97. The van der Waals surface area contributed by atoms with Gasteiger partial charge in [-0.3, -0.25) is 9.59 Å². The van der Waals surface area contributed by atoms with Crippen LogP contribution in [0.25, 0.3) is 0 Å². The first kappa shape index (κ1) is 21.1. The van der Waals surface area contributed by atoms with Crippen LogP contribution in [0.4, 0.5) is 4.39 Å². The zero-order chi connectivity index (χ0) is 19.0. The maximum Gasteiger partial charge on any atom is 0.249 e. The van der Waals surface area contributed by atoms with E-state index in [0.717, 1.165) is 0 Å². The quantitative estimate of drug-likeness (QED) is 0.526. The van der Waals surface area contributed by atoms with Gasteiger partial charge in [-0.2, -0.15) is 0 Å². The summed E-state index contributed by atoms with van der Waals surface area (Å²) >= 11 is 0. The largest absolute Gasteiger partial charge is 0.396 e. The number of hydrogen-bond acceptors (Lipinski definition) is 4. The lowest BCUT2D eigenvalue weighted by molar-refractivity contribution is -0.137. The molecule has 1 rings (SSSR count). The summed E-state index contributed by atoms with van der Waals surface area (Å²) in [4.78, 5) is 23.8. The van der Waals surface area contributed by atoms with E-state index >= 15 is 0 Å². The zero-order valence-corrected chi connectivity index (χ0v) is 14.9. The fourth-order valence-corrected chi connectivity index (χ4v) is 2.14. The molecule has 0 bridgehead atoms. The number of halogens is 1. The fraction of sp³-hybridized carbons (Fsp3) is 0.556. The summed E-state index contributed by atoms with van der Waals surface area (Å²) in [6, 6.07) is 5.95. The van der Waals surface area contributed by atoms with Gasteiger partial charge < -0.3 is 20.8 Å². The normalized spacial score (nSPS) is 13.8. The van der Waals surface area contributed by atoms with Crippen LogP contribution in [0.15, 0.2) is 24.3 Å². The number of amides is 2. The van der Waals surface area contributed by atoms with Crippen LogP contribution < -0.4 is 10.6 Å². The van der Waals surface area contributed by atoms with E-state index in [1.807, 2.05) is 0 Å². The van der Waals surface area contributed by atoms with Crippen molar-refractivity contribution in [3.05, 3.63) is 35.6 Å². The second kappa shape index (κ2) is 9.48. The number of benzene rings is 1. The zero-order valence-electron chi connectivity index (χ0n) is 14.9. The highest BCUT2D eigenvalue weighted by Gasteiger charge is 2.32. The van der Waals surface area contributed by atoms with E-state index in [-0.39, 0.29) is 37.3 Å². The second-order valence-corrected chi connectivity index (χ2v) is 6.85. The van der Waals surface area contributed by atoms with Gasteiger partial charge in [0.2, 0.25) is 11.8 Å². The number of rotatable bonds is 9. The Kier molecular flexibility index (Phi) is 7.99. The van der Waals surface area contributed by atoms with Gasteiger partial charge in [0, 0.05) is 24.4 Å². The summed E-state index contributed by atoms with van der Waals surface area (Å²) < 4.78 is 13.5.